The van der Waals surface area contributed by atoms with E-state index in [2.05, 4.69) is 0 Å². The van der Waals surface area contributed by atoms with Crippen LogP contribution < -0.4 is 10.2 Å². The molecule has 0 aromatic heterocycles. The quantitative estimate of drug-likeness (QED) is 0.597. The molecule has 0 unspecified atom stereocenters. The Hall–Kier alpha value is -1.06. The highest BCUT2D eigenvalue weighted by Crippen LogP contribution is 2.39. The van der Waals surface area contributed by atoms with Crippen LogP contribution in [0.2, 0.25) is 6.82 Å². The monoisotopic (exact) mass is 181 g/mol. The molecule has 0 fully saturated rings. The molecule has 1 aliphatic heterocycles. The zero-order chi connectivity index (χ0) is 9.47. The SMILES string of the molecule is C[B]c1cccc2c1OCC2(F)F. The van der Waals surface area contributed by atoms with E-state index in [1.807, 2.05) is 0 Å². The van der Waals surface area contributed by atoms with E-state index in [1.54, 1.807) is 26.2 Å². The number of halogens is 2. The van der Waals surface area contributed by atoms with Gasteiger partial charge in [0.25, 0.3) is 0 Å². The number of benzene rings is 1. The molecular weight excluding hydrogens is 173 g/mol. The largest absolute Gasteiger partial charge is 0.487 e. The van der Waals surface area contributed by atoms with Gasteiger partial charge >= 0.3 is 5.92 Å². The molecule has 0 N–H and O–H groups in total. The van der Waals surface area contributed by atoms with Crippen LogP contribution in [0.15, 0.2) is 18.2 Å². The van der Waals surface area contributed by atoms with E-state index in [0.717, 1.165) is 5.46 Å². The van der Waals surface area contributed by atoms with Gasteiger partial charge in [-0.1, -0.05) is 19.0 Å². The van der Waals surface area contributed by atoms with Crippen LogP contribution in [0.4, 0.5) is 8.78 Å². The van der Waals surface area contributed by atoms with Crippen molar-refractivity contribution in [3.63, 3.8) is 0 Å². The second-order valence-electron chi connectivity index (χ2n) is 3.01. The summed E-state index contributed by atoms with van der Waals surface area (Å²) in [6.45, 7) is 1.27. The molecule has 1 radical (unpaired) electrons. The maximum absolute atomic E-state index is 13.1. The fourth-order valence-electron chi connectivity index (χ4n) is 1.47. The maximum atomic E-state index is 13.1. The molecule has 0 amide bonds. The third kappa shape index (κ3) is 1.21. The third-order valence-electron chi connectivity index (χ3n) is 2.15. The zero-order valence-electron chi connectivity index (χ0n) is 7.18. The molecule has 1 heterocycles. The van der Waals surface area contributed by atoms with Crippen molar-refractivity contribution < 1.29 is 13.5 Å². The number of para-hydroxylation sites is 1. The lowest BCUT2D eigenvalue weighted by molar-refractivity contribution is -0.0213. The molecule has 0 aliphatic carbocycles. The van der Waals surface area contributed by atoms with E-state index in [0.29, 0.717) is 5.75 Å². The highest BCUT2D eigenvalue weighted by molar-refractivity contribution is 6.53. The van der Waals surface area contributed by atoms with Gasteiger partial charge in [-0.05, 0) is 11.5 Å². The fraction of sp³-hybridized carbons (Fsp3) is 0.333. The number of hydrogen-bond donors (Lipinski definition) is 0. The molecule has 0 saturated carbocycles. The van der Waals surface area contributed by atoms with E-state index >= 15 is 0 Å². The lowest BCUT2D eigenvalue weighted by Gasteiger charge is -2.06. The first-order valence-corrected chi connectivity index (χ1v) is 4.08. The summed E-state index contributed by atoms with van der Waals surface area (Å²) in [4.78, 5) is 0. The first-order chi connectivity index (χ1) is 6.15. The minimum atomic E-state index is -2.83. The molecule has 1 aromatic rings. The van der Waals surface area contributed by atoms with Crippen molar-refractivity contribution in [3.05, 3.63) is 23.8 Å². The van der Waals surface area contributed by atoms with Gasteiger partial charge in [0.05, 0.1) is 5.56 Å². The molecule has 1 nitrogen and oxygen atoms in total. The van der Waals surface area contributed by atoms with Crippen LogP contribution in [0.1, 0.15) is 5.56 Å². The summed E-state index contributed by atoms with van der Waals surface area (Å²) in [5, 5.41) is 0. The number of alkyl halides is 2. The van der Waals surface area contributed by atoms with Gasteiger partial charge in [0.1, 0.15) is 5.75 Å². The Kier molecular flexibility index (Phi) is 1.79. The van der Waals surface area contributed by atoms with Crippen molar-refractivity contribution in [2.24, 2.45) is 0 Å². The highest BCUT2D eigenvalue weighted by Gasteiger charge is 2.41. The van der Waals surface area contributed by atoms with Gasteiger partial charge in [0.15, 0.2) is 13.9 Å². The van der Waals surface area contributed by atoms with Crippen molar-refractivity contribution in [3.8, 4) is 5.75 Å². The molecule has 0 spiro atoms. The Morgan fingerprint density at radius 3 is 2.92 bits per heavy atom. The average Bonchev–Trinajstić information content (AvgIpc) is 2.43. The van der Waals surface area contributed by atoms with Gasteiger partial charge in [-0.15, -0.1) is 0 Å². The summed E-state index contributed by atoms with van der Waals surface area (Å²) < 4.78 is 31.2. The third-order valence-corrected chi connectivity index (χ3v) is 2.15. The van der Waals surface area contributed by atoms with Gasteiger partial charge in [0, 0.05) is 0 Å². The normalized spacial score (nSPS) is 17.8. The topological polar surface area (TPSA) is 9.23 Å². The predicted octanol–water partition coefficient (Wildman–Crippen LogP) is 1.55. The van der Waals surface area contributed by atoms with E-state index in [-0.39, 0.29) is 5.56 Å². The van der Waals surface area contributed by atoms with E-state index in [1.165, 1.54) is 6.07 Å². The first kappa shape index (κ1) is 8.54. The molecule has 0 saturated heterocycles. The predicted molar refractivity (Wildman–Crippen MR) is 47.1 cm³/mol. The molecule has 1 aliphatic rings. The van der Waals surface area contributed by atoms with Gasteiger partial charge in [-0.3, -0.25) is 0 Å². The van der Waals surface area contributed by atoms with Crippen LogP contribution in [0, 0.1) is 0 Å². The van der Waals surface area contributed by atoms with Crippen LogP contribution in [-0.4, -0.2) is 13.9 Å². The van der Waals surface area contributed by atoms with E-state index < -0.39 is 12.5 Å². The van der Waals surface area contributed by atoms with Crippen LogP contribution in [0.5, 0.6) is 5.75 Å². The average molecular weight is 181 g/mol. The van der Waals surface area contributed by atoms with Crippen molar-refractivity contribution in [1.29, 1.82) is 0 Å². The van der Waals surface area contributed by atoms with Crippen molar-refractivity contribution >= 4 is 12.7 Å². The van der Waals surface area contributed by atoms with Gasteiger partial charge < -0.3 is 4.74 Å². The van der Waals surface area contributed by atoms with Crippen molar-refractivity contribution in [2.45, 2.75) is 12.7 Å². The summed E-state index contributed by atoms with van der Waals surface area (Å²) >= 11 is 0. The zero-order valence-corrected chi connectivity index (χ0v) is 7.18. The summed E-state index contributed by atoms with van der Waals surface area (Å²) in [6.07, 6.45) is 0. The Labute approximate surface area is 76.0 Å². The highest BCUT2D eigenvalue weighted by atomic mass is 19.3. The van der Waals surface area contributed by atoms with Gasteiger partial charge in [-0.25, -0.2) is 0 Å². The standard InChI is InChI=1S/C9H8BF2O/c1-10-7-4-2-3-6-8(7)13-5-9(6,11)12/h2-4H,5H2,1H3. The summed E-state index contributed by atoms with van der Waals surface area (Å²) in [5.41, 5.74) is 0.734. The Bertz CT molecular complexity index is 338. The second-order valence-corrected chi connectivity index (χ2v) is 3.01. The minimum Gasteiger partial charge on any atom is -0.487 e. The minimum absolute atomic E-state index is 0.00287. The van der Waals surface area contributed by atoms with E-state index in [4.69, 9.17) is 4.74 Å². The summed E-state index contributed by atoms with van der Waals surface area (Å²) in [7, 11) is 1.76. The lowest BCUT2D eigenvalue weighted by atomic mass is 9.72. The second kappa shape index (κ2) is 2.72. The number of rotatable bonds is 1. The van der Waals surface area contributed by atoms with Gasteiger partial charge in [-0.2, -0.15) is 8.78 Å². The van der Waals surface area contributed by atoms with E-state index in [9.17, 15) is 8.78 Å². The number of hydrogen-bond acceptors (Lipinski definition) is 1. The van der Waals surface area contributed by atoms with Crippen LogP contribution >= 0.6 is 0 Å². The maximum Gasteiger partial charge on any atom is 0.310 e. The number of fused-ring (bicyclic) bond motifs is 1. The molecular formula is C9H8BF2O. The van der Waals surface area contributed by atoms with Crippen LogP contribution in [-0.2, 0) is 5.92 Å². The molecule has 0 bridgehead atoms. The van der Waals surface area contributed by atoms with Gasteiger partial charge in [0.2, 0.25) is 0 Å². The molecule has 67 valence electrons. The first-order valence-electron chi connectivity index (χ1n) is 4.08. The number of ether oxygens (including phenoxy) is 1. The van der Waals surface area contributed by atoms with Crippen molar-refractivity contribution in [2.75, 3.05) is 6.61 Å². The summed E-state index contributed by atoms with van der Waals surface area (Å²) in [6, 6.07) is 4.80. The molecule has 0 atom stereocenters. The Balaban J connectivity index is 2.56. The molecule has 2 rings (SSSR count). The molecule has 4 heteroatoms. The van der Waals surface area contributed by atoms with Crippen LogP contribution in [0.3, 0.4) is 0 Å². The fourth-order valence-corrected chi connectivity index (χ4v) is 1.47. The summed E-state index contributed by atoms with van der Waals surface area (Å²) in [5.74, 6) is -2.50. The Morgan fingerprint density at radius 1 is 1.46 bits per heavy atom. The van der Waals surface area contributed by atoms with Crippen LogP contribution in [0.25, 0.3) is 0 Å². The van der Waals surface area contributed by atoms with Crippen molar-refractivity contribution in [1.82, 2.24) is 0 Å². The Morgan fingerprint density at radius 2 is 2.23 bits per heavy atom. The molecule has 13 heavy (non-hydrogen) atoms. The lowest BCUT2D eigenvalue weighted by Crippen LogP contribution is -2.14. The molecule has 1 aromatic carbocycles. The smallest absolute Gasteiger partial charge is 0.310 e.